The second-order valence-corrected chi connectivity index (χ2v) is 10.7. The predicted molar refractivity (Wildman–Crippen MR) is 133 cm³/mol. The maximum atomic E-state index is 14.2. The molecule has 0 bridgehead atoms. The molecular formula is C29H34N2O4. The molecule has 1 saturated heterocycles. The summed E-state index contributed by atoms with van der Waals surface area (Å²) in [5.41, 5.74) is 0.366. The summed E-state index contributed by atoms with van der Waals surface area (Å²) in [6, 6.07) is 16.7. The molecule has 6 heteroatoms. The lowest BCUT2D eigenvalue weighted by Crippen LogP contribution is -2.68. The van der Waals surface area contributed by atoms with Gasteiger partial charge in [0, 0.05) is 19.4 Å². The first-order valence-electron chi connectivity index (χ1n) is 12.8. The molecule has 5 rings (SSSR count). The van der Waals surface area contributed by atoms with Crippen LogP contribution in [0.5, 0.6) is 0 Å². The second-order valence-electron chi connectivity index (χ2n) is 10.7. The van der Waals surface area contributed by atoms with E-state index >= 15 is 0 Å². The zero-order valence-electron chi connectivity index (χ0n) is 20.8. The average molecular weight is 475 g/mol. The van der Waals surface area contributed by atoms with Crippen LogP contribution < -0.4 is 4.90 Å². The first kappa shape index (κ1) is 23.6. The summed E-state index contributed by atoms with van der Waals surface area (Å²) in [7, 11) is 0. The third-order valence-corrected chi connectivity index (χ3v) is 8.10. The van der Waals surface area contributed by atoms with E-state index in [4.69, 9.17) is 4.74 Å². The number of hydrogen-bond acceptors (Lipinski definition) is 4. The molecule has 4 atom stereocenters. The van der Waals surface area contributed by atoms with Crippen molar-refractivity contribution < 1.29 is 19.1 Å². The molecule has 2 aromatic rings. The number of nitrogens with zero attached hydrogens (tertiary/aromatic N) is 2. The highest BCUT2D eigenvalue weighted by Gasteiger charge is 2.62. The average Bonchev–Trinajstić information content (AvgIpc) is 3.20. The molecule has 2 aliphatic heterocycles. The molecular weight excluding hydrogens is 440 g/mol. The number of fused-ring (bicyclic) bond motifs is 3. The van der Waals surface area contributed by atoms with E-state index in [9.17, 15) is 14.4 Å². The van der Waals surface area contributed by atoms with E-state index in [-0.39, 0.29) is 43.2 Å². The first-order valence-corrected chi connectivity index (χ1v) is 12.8. The Balaban J connectivity index is 1.58. The summed E-state index contributed by atoms with van der Waals surface area (Å²) in [5, 5.41) is 0. The zero-order chi connectivity index (χ0) is 24.7. The van der Waals surface area contributed by atoms with Gasteiger partial charge in [0.25, 0.3) is 5.91 Å². The summed E-state index contributed by atoms with van der Waals surface area (Å²) in [6.07, 6.45) is 3.15. The second kappa shape index (κ2) is 9.14. The highest BCUT2D eigenvalue weighted by Crippen LogP contribution is 2.47. The number of para-hydroxylation sites is 1. The van der Waals surface area contributed by atoms with E-state index in [1.807, 2.05) is 30.3 Å². The molecule has 0 unspecified atom stereocenters. The van der Waals surface area contributed by atoms with Crippen LogP contribution in [0.4, 0.5) is 5.69 Å². The number of carbonyl (C=O) groups is 3. The summed E-state index contributed by atoms with van der Waals surface area (Å²) in [6.45, 7) is 6.77. The fraction of sp³-hybridized carbons (Fsp3) is 0.483. The van der Waals surface area contributed by atoms with Gasteiger partial charge in [0.2, 0.25) is 11.6 Å². The quantitative estimate of drug-likeness (QED) is 0.561. The number of hydrogen-bond donors (Lipinski definition) is 0. The third-order valence-electron chi connectivity index (χ3n) is 8.10. The molecule has 2 heterocycles. The zero-order valence-corrected chi connectivity index (χ0v) is 20.8. The Morgan fingerprint density at radius 1 is 1.06 bits per heavy atom. The van der Waals surface area contributed by atoms with E-state index in [1.165, 1.54) is 0 Å². The molecule has 3 aliphatic rings. The van der Waals surface area contributed by atoms with Crippen molar-refractivity contribution in [1.82, 2.24) is 4.90 Å². The minimum Gasteiger partial charge on any atom is -0.459 e. The minimum absolute atomic E-state index is 0.155. The van der Waals surface area contributed by atoms with Crippen molar-refractivity contribution in [1.29, 1.82) is 0 Å². The van der Waals surface area contributed by atoms with Crippen LogP contribution in [-0.2, 0) is 20.9 Å². The SMILES string of the molecule is CC(C)[C@H]1CC[C@@H](C)C[C@@H]1OC(=O)[C@@]12CCC(=O)N1c1ccccc1C(=O)N2Cc1ccccc1. The number of anilines is 1. The van der Waals surface area contributed by atoms with Crippen LogP contribution in [0.1, 0.15) is 68.8 Å². The van der Waals surface area contributed by atoms with Crippen molar-refractivity contribution in [3.63, 3.8) is 0 Å². The van der Waals surface area contributed by atoms with E-state index in [2.05, 4.69) is 20.8 Å². The number of ether oxygens (including phenoxy) is 1. The van der Waals surface area contributed by atoms with Gasteiger partial charge in [0.15, 0.2) is 0 Å². The Morgan fingerprint density at radius 2 is 1.77 bits per heavy atom. The lowest BCUT2D eigenvalue weighted by Gasteiger charge is -2.49. The number of amides is 2. The Bertz CT molecular complexity index is 1130. The summed E-state index contributed by atoms with van der Waals surface area (Å²) >= 11 is 0. The van der Waals surface area contributed by atoms with Crippen molar-refractivity contribution in [3.8, 4) is 0 Å². The van der Waals surface area contributed by atoms with Gasteiger partial charge < -0.3 is 9.64 Å². The van der Waals surface area contributed by atoms with Crippen LogP contribution in [0.3, 0.4) is 0 Å². The standard InChI is InChI=1S/C29H34N2O4/c1-19(2)22-14-13-20(3)17-25(22)35-28(34)29-16-15-26(32)31(29)24-12-8-7-11-23(24)27(33)30(29)18-21-9-5-4-6-10-21/h4-12,19-20,22,25H,13-18H2,1-3H3/t20-,22-,25+,29-/m1/s1. The highest BCUT2D eigenvalue weighted by molar-refractivity contribution is 6.15. The van der Waals surface area contributed by atoms with Gasteiger partial charge >= 0.3 is 5.97 Å². The fourth-order valence-corrected chi connectivity index (χ4v) is 6.22. The van der Waals surface area contributed by atoms with Crippen molar-refractivity contribution in [2.45, 2.75) is 71.2 Å². The molecule has 0 N–H and O–H groups in total. The lowest BCUT2D eigenvalue weighted by molar-refractivity contribution is -0.169. The molecule has 2 amide bonds. The molecule has 35 heavy (non-hydrogen) atoms. The highest BCUT2D eigenvalue weighted by atomic mass is 16.5. The van der Waals surface area contributed by atoms with Gasteiger partial charge in [-0.05, 0) is 48.3 Å². The molecule has 2 aromatic carbocycles. The van der Waals surface area contributed by atoms with Gasteiger partial charge in [-0.3, -0.25) is 14.5 Å². The van der Waals surface area contributed by atoms with Crippen LogP contribution in [0.25, 0.3) is 0 Å². The molecule has 1 aliphatic carbocycles. The number of carbonyl (C=O) groups excluding carboxylic acids is 3. The Hall–Kier alpha value is -3.15. The largest absolute Gasteiger partial charge is 0.459 e. The topological polar surface area (TPSA) is 66.9 Å². The normalized spacial score (nSPS) is 28.2. The van der Waals surface area contributed by atoms with Gasteiger partial charge in [-0.25, -0.2) is 4.79 Å². The predicted octanol–water partition coefficient (Wildman–Crippen LogP) is 5.17. The molecule has 184 valence electrons. The Labute approximate surface area is 207 Å². The first-order chi connectivity index (χ1) is 16.8. The smallest absolute Gasteiger partial charge is 0.354 e. The van der Waals surface area contributed by atoms with Gasteiger partial charge in [-0.2, -0.15) is 0 Å². The fourth-order valence-electron chi connectivity index (χ4n) is 6.22. The number of benzene rings is 2. The van der Waals surface area contributed by atoms with Crippen LogP contribution in [0.2, 0.25) is 0 Å². The molecule has 0 spiro atoms. The van der Waals surface area contributed by atoms with Crippen molar-refractivity contribution in [3.05, 3.63) is 65.7 Å². The van der Waals surface area contributed by atoms with Crippen molar-refractivity contribution >= 4 is 23.5 Å². The molecule has 1 saturated carbocycles. The molecule has 2 fully saturated rings. The van der Waals surface area contributed by atoms with E-state index in [0.29, 0.717) is 23.1 Å². The summed E-state index contributed by atoms with van der Waals surface area (Å²) in [4.78, 5) is 44.5. The van der Waals surface area contributed by atoms with Crippen LogP contribution in [0.15, 0.2) is 54.6 Å². The lowest BCUT2D eigenvalue weighted by atomic mass is 9.75. The van der Waals surface area contributed by atoms with Gasteiger partial charge in [-0.1, -0.05) is 69.7 Å². The van der Waals surface area contributed by atoms with Crippen LogP contribution in [0, 0.1) is 17.8 Å². The van der Waals surface area contributed by atoms with Crippen molar-refractivity contribution in [2.75, 3.05) is 4.90 Å². The summed E-state index contributed by atoms with van der Waals surface area (Å²) in [5.74, 6) is 0.240. The molecule has 0 radical (unpaired) electrons. The van der Waals surface area contributed by atoms with Gasteiger partial charge in [0.1, 0.15) is 6.10 Å². The minimum atomic E-state index is -1.47. The van der Waals surface area contributed by atoms with Crippen LogP contribution >= 0.6 is 0 Å². The van der Waals surface area contributed by atoms with E-state index in [0.717, 1.165) is 24.8 Å². The maximum Gasteiger partial charge on any atom is 0.354 e. The number of esters is 1. The van der Waals surface area contributed by atoms with E-state index < -0.39 is 11.6 Å². The third kappa shape index (κ3) is 3.93. The summed E-state index contributed by atoms with van der Waals surface area (Å²) < 4.78 is 6.33. The van der Waals surface area contributed by atoms with E-state index in [1.54, 1.807) is 34.1 Å². The Morgan fingerprint density at radius 3 is 2.51 bits per heavy atom. The van der Waals surface area contributed by atoms with Gasteiger partial charge in [0.05, 0.1) is 11.3 Å². The Kier molecular flexibility index (Phi) is 6.16. The molecule has 0 aromatic heterocycles. The number of rotatable bonds is 5. The maximum absolute atomic E-state index is 14.2. The van der Waals surface area contributed by atoms with Crippen molar-refractivity contribution in [2.24, 2.45) is 17.8 Å². The van der Waals surface area contributed by atoms with Gasteiger partial charge in [-0.15, -0.1) is 0 Å². The van der Waals surface area contributed by atoms with Crippen LogP contribution in [-0.4, -0.2) is 34.5 Å². The molecule has 6 nitrogen and oxygen atoms in total. The monoisotopic (exact) mass is 474 g/mol.